The highest BCUT2D eigenvalue weighted by Gasteiger charge is 2.37. The predicted molar refractivity (Wildman–Crippen MR) is 87.7 cm³/mol. The third kappa shape index (κ3) is 3.65. The van der Waals surface area contributed by atoms with Gasteiger partial charge in [0.15, 0.2) is 5.82 Å². The van der Waals surface area contributed by atoms with E-state index in [-0.39, 0.29) is 5.82 Å². The minimum Gasteiger partial charge on any atom is -0.494 e. The van der Waals surface area contributed by atoms with Gasteiger partial charge in [0.05, 0.1) is 12.3 Å². The number of aryl methyl sites for hydroxylation is 1. The van der Waals surface area contributed by atoms with Crippen LogP contribution in [0.2, 0.25) is 0 Å². The monoisotopic (exact) mass is 347 g/mol. The minimum absolute atomic E-state index is 0.124. The molecule has 0 fully saturated rings. The van der Waals surface area contributed by atoms with Gasteiger partial charge in [-0.15, -0.1) is 5.10 Å². The number of aromatic nitrogens is 3. The Hall–Kier alpha value is -2.83. The molecule has 0 saturated carbocycles. The second kappa shape index (κ2) is 6.58. The largest absolute Gasteiger partial charge is 0.494 e. The fourth-order valence-electron chi connectivity index (χ4n) is 2.35. The van der Waals surface area contributed by atoms with E-state index in [0.717, 1.165) is 5.56 Å². The molecular formula is C18H16F3N3O. The van der Waals surface area contributed by atoms with Crippen molar-refractivity contribution in [1.82, 2.24) is 14.8 Å². The van der Waals surface area contributed by atoms with Gasteiger partial charge in [0.25, 0.3) is 5.82 Å². The molecule has 0 aliphatic rings. The molecule has 1 aromatic heterocycles. The SMILES string of the molecule is CCOc1ccc(-c2nc(C(F)(F)F)nn2-c2ccc(C)cc2)cc1. The molecule has 0 aliphatic heterocycles. The Morgan fingerprint density at radius 2 is 1.64 bits per heavy atom. The maximum atomic E-state index is 13.1. The molecule has 0 N–H and O–H groups in total. The standard InChI is InChI=1S/C18H16F3N3O/c1-3-25-15-10-6-13(7-11-15)16-22-17(18(19,20)21)23-24(16)14-8-4-12(2)5-9-14/h4-11H,3H2,1-2H3. The molecule has 0 unspecified atom stereocenters. The van der Waals surface area contributed by atoms with Gasteiger partial charge >= 0.3 is 6.18 Å². The van der Waals surface area contributed by atoms with Crippen LogP contribution in [0.25, 0.3) is 17.1 Å². The lowest BCUT2D eigenvalue weighted by atomic mass is 10.2. The average molecular weight is 347 g/mol. The van der Waals surface area contributed by atoms with Gasteiger partial charge in [0, 0.05) is 5.56 Å². The highest BCUT2D eigenvalue weighted by molar-refractivity contribution is 5.59. The summed E-state index contributed by atoms with van der Waals surface area (Å²) in [5.41, 5.74) is 2.03. The van der Waals surface area contributed by atoms with Crippen LogP contribution in [0.15, 0.2) is 48.5 Å². The fraction of sp³-hybridized carbons (Fsp3) is 0.222. The molecule has 130 valence electrons. The number of benzene rings is 2. The Morgan fingerprint density at radius 3 is 2.20 bits per heavy atom. The summed E-state index contributed by atoms with van der Waals surface area (Å²) in [5.74, 6) is -0.403. The maximum absolute atomic E-state index is 13.1. The average Bonchev–Trinajstić information content (AvgIpc) is 3.02. The highest BCUT2D eigenvalue weighted by atomic mass is 19.4. The highest BCUT2D eigenvalue weighted by Crippen LogP contribution is 2.31. The molecule has 0 atom stereocenters. The molecule has 4 nitrogen and oxygen atoms in total. The molecule has 2 aromatic carbocycles. The van der Waals surface area contributed by atoms with E-state index in [2.05, 4.69) is 10.1 Å². The zero-order chi connectivity index (χ0) is 18.0. The number of alkyl halides is 3. The molecule has 0 saturated heterocycles. The summed E-state index contributed by atoms with van der Waals surface area (Å²) in [6.45, 7) is 4.27. The van der Waals surface area contributed by atoms with E-state index in [0.29, 0.717) is 23.6 Å². The lowest BCUT2D eigenvalue weighted by Crippen LogP contribution is -2.08. The van der Waals surface area contributed by atoms with Gasteiger partial charge in [0.1, 0.15) is 5.75 Å². The quantitative estimate of drug-likeness (QED) is 0.689. The minimum atomic E-state index is -4.62. The molecule has 0 spiro atoms. The summed E-state index contributed by atoms with van der Waals surface area (Å²) < 4.78 is 45.8. The van der Waals surface area contributed by atoms with Gasteiger partial charge in [-0.25, -0.2) is 9.67 Å². The summed E-state index contributed by atoms with van der Waals surface area (Å²) in [6.07, 6.45) is -4.62. The van der Waals surface area contributed by atoms with E-state index in [1.54, 1.807) is 36.4 Å². The van der Waals surface area contributed by atoms with E-state index in [1.165, 1.54) is 4.68 Å². The van der Waals surface area contributed by atoms with Gasteiger partial charge in [-0.3, -0.25) is 0 Å². The van der Waals surface area contributed by atoms with Gasteiger partial charge in [-0.05, 0) is 50.2 Å². The molecular weight excluding hydrogens is 331 g/mol. The molecule has 0 radical (unpaired) electrons. The fourth-order valence-corrected chi connectivity index (χ4v) is 2.35. The predicted octanol–water partition coefficient (Wildman–Crippen LogP) is 4.66. The first kappa shape index (κ1) is 17.0. The van der Waals surface area contributed by atoms with E-state index in [9.17, 15) is 13.2 Å². The Kier molecular flexibility index (Phi) is 4.48. The van der Waals surface area contributed by atoms with E-state index < -0.39 is 12.0 Å². The zero-order valence-electron chi connectivity index (χ0n) is 13.7. The van der Waals surface area contributed by atoms with Crippen LogP contribution < -0.4 is 4.74 Å². The summed E-state index contributed by atoms with van der Waals surface area (Å²) in [7, 11) is 0. The Balaban J connectivity index is 2.10. The smallest absolute Gasteiger partial charge is 0.453 e. The molecule has 25 heavy (non-hydrogen) atoms. The van der Waals surface area contributed by atoms with Crippen molar-refractivity contribution in [3.63, 3.8) is 0 Å². The Bertz CT molecular complexity index is 853. The van der Waals surface area contributed by atoms with E-state index >= 15 is 0 Å². The van der Waals surface area contributed by atoms with Crippen LogP contribution in [0.4, 0.5) is 13.2 Å². The van der Waals surface area contributed by atoms with Crippen LogP contribution in [0.1, 0.15) is 18.3 Å². The van der Waals surface area contributed by atoms with Crippen molar-refractivity contribution in [3.05, 3.63) is 59.9 Å². The van der Waals surface area contributed by atoms with Crippen LogP contribution in [0.5, 0.6) is 5.75 Å². The molecule has 1 heterocycles. The lowest BCUT2D eigenvalue weighted by Gasteiger charge is -2.07. The third-order valence-electron chi connectivity index (χ3n) is 3.56. The summed E-state index contributed by atoms with van der Waals surface area (Å²) in [5, 5.41) is 3.67. The van der Waals surface area contributed by atoms with E-state index in [1.807, 2.05) is 26.0 Å². The number of halogens is 3. The number of hydrogen-bond donors (Lipinski definition) is 0. The van der Waals surface area contributed by atoms with Crippen molar-refractivity contribution in [3.8, 4) is 22.8 Å². The van der Waals surface area contributed by atoms with Crippen LogP contribution >= 0.6 is 0 Å². The third-order valence-corrected chi connectivity index (χ3v) is 3.56. The first-order valence-corrected chi connectivity index (χ1v) is 7.73. The maximum Gasteiger partial charge on any atom is 0.453 e. The zero-order valence-corrected chi connectivity index (χ0v) is 13.7. The molecule has 0 bridgehead atoms. The van der Waals surface area contributed by atoms with Crippen LogP contribution in [0.3, 0.4) is 0 Å². The summed E-state index contributed by atoms with van der Waals surface area (Å²) >= 11 is 0. The molecule has 3 aromatic rings. The van der Waals surface area contributed by atoms with Crippen molar-refractivity contribution >= 4 is 0 Å². The second-order valence-electron chi connectivity index (χ2n) is 5.46. The lowest BCUT2D eigenvalue weighted by molar-refractivity contribution is -0.144. The first-order chi connectivity index (χ1) is 11.9. The van der Waals surface area contributed by atoms with Crippen LogP contribution in [0, 0.1) is 6.92 Å². The van der Waals surface area contributed by atoms with E-state index in [4.69, 9.17) is 4.74 Å². The second-order valence-corrected chi connectivity index (χ2v) is 5.46. The summed E-state index contributed by atoms with van der Waals surface area (Å²) in [6, 6.07) is 13.8. The normalized spacial score (nSPS) is 11.6. The number of nitrogens with zero attached hydrogens (tertiary/aromatic N) is 3. The summed E-state index contributed by atoms with van der Waals surface area (Å²) in [4.78, 5) is 3.71. The molecule has 7 heteroatoms. The van der Waals surface area contributed by atoms with Crippen molar-refractivity contribution in [2.75, 3.05) is 6.61 Å². The van der Waals surface area contributed by atoms with Crippen molar-refractivity contribution in [2.24, 2.45) is 0 Å². The Morgan fingerprint density at radius 1 is 1.00 bits per heavy atom. The Labute approximate surface area is 142 Å². The topological polar surface area (TPSA) is 39.9 Å². The molecule has 0 amide bonds. The van der Waals surface area contributed by atoms with Crippen molar-refractivity contribution in [2.45, 2.75) is 20.0 Å². The van der Waals surface area contributed by atoms with Crippen molar-refractivity contribution < 1.29 is 17.9 Å². The van der Waals surface area contributed by atoms with Gasteiger partial charge in [-0.2, -0.15) is 13.2 Å². The van der Waals surface area contributed by atoms with Gasteiger partial charge < -0.3 is 4.74 Å². The van der Waals surface area contributed by atoms with Crippen molar-refractivity contribution in [1.29, 1.82) is 0 Å². The number of hydrogen-bond acceptors (Lipinski definition) is 3. The van der Waals surface area contributed by atoms with Gasteiger partial charge in [0.2, 0.25) is 0 Å². The van der Waals surface area contributed by atoms with Crippen LogP contribution in [-0.2, 0) is 6.18 Å². The number of rotatable bonds is 4. The molecule has 3 rings (SSSR count). The van der Waals surface area contributed by atoms with Crippen LogP contribution in [-0.4, -0.2) is 21.4 Å². The molecule has 0 aliphatic carbocycles. The number of ether oxygens (including phenoxy) is 1. The first-order valence-electron chi connectivity index (χ1n) is 7.73. The van der Waals surface area contributed by atoms with Gasteiger partial charge in [-0.1, -0.05) is 17.7 Å².